The molecule has 0 rings (SSSR count). The lowest BCUT2D eigenvalue weighted by molar-refractivity contribution is -0.114. The summed E-state index contributed by atoms with van der Waals surface area (Å²) in [7, 11) is 0. The third-order valence-electron chi connectivity index (χ3n) is 0.521. The van der Waals surface area contributed by atoms with Gasteiger partial charge in [-0.2, -0.15) is 0 Å². The predicted molar refractivity (Wildman–Crippen MR) is 57.9 cm³/mol. The molecule has 1 atom stereocenters. The van der Waals surface area contributed by atoms with Crippen molar-refractivity contribution >= 4 is 34.5 Å². The largest absolute Gasteiger partial charge is 0.509 e. The van der Waals surface area contributed by atoms with Crippen LogP contribution < -0.4 is 0 Å². The number of ether oxygens (including phenoxy) is 2. The topological polar surface area (TPSA) is 52.6 Å². The van der Waals surface area contributed by atoms with E-state index in [-0.39, 0.29) is 9.89 Å². The molecule has 0 aromatic heterocycles. The van der Waals surface area contributed by atoms with Crippen molar-refractivity contribution in [2.24, 2.45) is 0 Å². The number of hydrogen-bond donors (Lipinski definition) is 0. The molecule has 0 N–H and O–H groups in total. The lowest BCUT2D eigenvalue weighted by atomic mass is 10.6. The number of Topliss-reactive ketones (excluding diaryl/α,β-unsaturated/α-hetero) is 1. The maximum Gasteiger partial charge on any atom is 0.509 e. The minimum absolute atomic E-state index is 0.123. The summed E-state index contributed by atoms with van der Waals surface area (Å²) in [5.41, 5.74) is 0. The van der Waals surface area contributed by atoms with Crippen LogP contribution in [0.3, 0.4) is 0 Å². The van der Waals surface area contributed by atoms with Crippen LogP contribution in [0, 0.1) is 0 Å². The van der Waals surface area contributed by atoms with Gasteiger partial charge in [-0.1, -0.05) is 0 Å². The molecule has 0 aromatic rings. The number of rotatable bonds is 2. The summed E-state index contributed by atoms with van der Waals surface area (Å²) in [4.78, 5) is 19.8. The van der Waals surface area contributed by atoms with Gasteiger partial charge < -0.3 is 14.3 Å². The number of ketones is 1. The zero-order valence-corrected chi connectivity index (χ0v) is 10.5. The third-order valence-corrected chi connectivity index (χ3v) is 0.775. The van der Waals surface area contributed by atoms with Crippen molar-refractivity contribution in [2.75, 3.05) is 6.61 Å². The zero-order chi connectivity index (χ0) is 10.9. The van der Waals surface area contributed by atoms with Crippen molar-refractivity contribution in [3.8, 4) is 0 Å². The first-order valence-corrected chi connectivity index (χ1v) is 5.09. The van der Waals surface area contributed by atoms with Crippen molar-refractivity contribution in [3.05, 3.63) is 0 Å². The lowest BCUT2D eigenvalue weighted by Crippen LogP contribution is -2.10. The van der Waals surface area contributed by atoms with Crippen LogP contribution in [0.15, 0.2) is 0 Å². The molecule has 78 valence electrons. The SMILES string of the molecule is CC(C)=O.CCOC(=O)OC(C)I. The number of halogens is 1. The van der Waals surface area contributed by atoms with Crippen LogP contribution in [0.4, 0.5) is 4.79 Å². The van der Waals surface area contributed by atoms with Gasteiger partial charge in [0.25, 0.3) is 0 Å². The highest BCUT2D eigenvalue weighted by Gasteiger charge is 2.04. The molecule has 13 heavy (non-hydrogen) atoms. The van der Waals surface area contributed by atoms with E-state index in [4.69, 9.17) is 0 Å². The minimum atomic E-state index is -0.598. The summed E-state index contributed by atoms with van der Waals surface area (Å²) < 4.78 is 8.98. The van der Waals surface area contributed by atoms with Crippen LogP contribution in [0.25, 0.3) is 0 Å². The summed E-state index contributed by atoms with van der Waals surface area (Å²) >= 11 is 1.97. The van der Waals surface area contributed by atoms with E-state index in [0.717, 1.165) is 0 Å². The number of carbonyl (C=O) groups is 2. The van der Waals surface area contributed by atoms with Crippen molar-refractivity contribution in [1.82, 2.24) is 0 Å². The Morgan fingerprint density at radius 2 is 1.77 bits per heavy atom. The first-order valence-electron chi connectivity index (χ1n) is 3.84. The Balaban J connectivity index is 0. The Morgan fingerprint density at radius 1 is 1.38 bits per heavy atom. The molecule has 4 nitrogen and oxygen atoms in total. The third kappa shape index (κ3) is 24.5. The molecule has 1 unspecified atom stereocenters. The van der Waals surface area contributed by atoms with E-state index in [1.54, 1.807) is 13.8 Å². The molecule has 0 aliphatic heterocycles. The predicted octanol–water partition coefficient (Wildman–Crippen LogP) is 2.54. The Hall–Kier alpha value is -0.330. The van der Waals surface area contributed by atoms with Crippen molar-refractivity contribution < 1.29 is 19.1 Å². The van der Waals surface area contributed by atoms with E-state index in [2.05, 4.69) is 9.47 Å². The quantitative estimate of drug-likeness (QED) is 0.447. The number of carbonyl (C=O) groups excluding carboxylic acids is 2. The molecular formula is C8H15IO4. The summed E-state index contributed by atoms with van der Waals surface area (Å²) in [6, 6.07) is 0. The molecule has 0 radical (unpaired) electrons. The fourth-order valence-corrected chi connectivity index (χ4v) is 0.492. The van der Waals surface area contributed by atoms with Crippen LogP contribution in [0.2, 0.25) is 0 Å². The van der Waals surface area contributed by atoms with Gasteiger partial charge in [0.15, 0.2) is 4.11 Å². The van der Waals surface area contributed by atoms with E-state index in [1.807, 2.05) is 22.6 Å². The fourth-order valence-electron chi connectivity index (χ4n) is 0.284. The second-order valence-electron chi connectivity index (χ2n) is 2.25. The standard InChI is InChI=1S/C5H9IO3.C3H6O/c1-3-8-5(7)9-4(2)6;1-3(2)4/h4H,3H2,1-2H3;1-2H3. The van der Waals surface area contributed by atoms with Gasteiger partial charge in [-0.05, 0) is 50.3 Å². The van der Waals surface area contributed by atoms with Gasteiger partial charge in [-0.15, -0.1) is 0 Å². The van der Waals surface area contributed by atoms with E-state index >= 15 is 0 Å². The summed E-state index contributed by atoms with van der Waals surface area (Å²) in [5, 5.41) is 0. The zero-order valence-electron chi connectivity index (χ0n) is 8.30. The average Bonchev–Trinajstić information content (AvgIpc) is 1.83. The highest BCUT2D eigenvalue weighted by Crippen LogP contribution is 2.01. The maximum atomic E-state index is 10.4. The minimum Gasteiger partial charge on any atom is -0.435 e. The van der Waals surface area contributed by atoms with Gasteiger partial charge in [-0.25, -0.2) is 4.79 Å². The molecule has 0 amide bonds. The van der Waals surface area contributed by atoms with Gasteiger partial charge in [0.1, 0.15) is 5.78 Å². The Labute approximate surface area is 92.1 Å². The van der Waals surface area contributed by atoms with Crippen LogP contribution in [0.5, 0.6) is 0 Å². The molecule has 0 fully saturated rings. The first-order chi connectivity index (χ1) is 5.90. The van der Waals surface area contributed by atoms with Gasteiger partial charge in [0.2, 0.25) is 0 Å². The van der Waals surface area contributed by atoms with Crippen molar-refractivity contribution in [2.45, 2.75) is 31.8 Å². The van der Waals surface area contributed by atoms with Gasteiger partial charge in [0.05, 0.1) is 6.61 Å². The van der Waals surface area contributed by atoms with E-state index < -0.39 is 6.16 Å². The van der Waals surface area contributed by atoms with Crippen LogP contribution in [0.1, 0.15) is 27.7 Å². The Kier molecular flexibility index (Phi) is 11.4. The van der Waals surface area contributed by atoms with Crippen LogP contribution in [-0.4, -0.2) is 22.7 Å². The monoisotopic (exact) mass is 302 g/mol. The van der Waals surface area contributed by atoms with E-state index in [0.29, 0.717) is 6.61 Å². The van der Waals surface area contributed by atoms with Crippen molar-refractivity contribution in [3.63, 3.8) is 0 Å². The number of alkyl halides is 1. The molecule has 0 spiro atoms. The summed E-state index contributed by atoms with van der Waals surface area (Å²) in [6.07, 6.45) is -0.598. The molecule has 0 aliphatic carbocycles. The normalized spacial score (nSPS) is 10.5. The Morgan fingerprint density at radius 3 is 2.00 bits per heavy atom. The van der Waals surface area contributed by atoms with Crippen LogP contribution in [-0.2, 0) is 14.3 Å². The molecule has 0 saturated carbocycles. The highest BCUT2D eigenvalue weighted by atomic mass is 127. The molecular weight excluding hydrogens is 287 g/mol. The molecule has 5 heteroatoms. The molecule has 0 aromatic carbocycles. The van der Waals surface area contributed by atoms with Gasteiger partial charge >= 0.3 is 6.16 Å². The smallest absolute Gasteiger partial charge is 0.435 e. The number of hydrogen-bond acceptors (Lipinski definition) is 4. The summed E-state index contributed by atoms with van der Waals surface area (Å²) in [5.74, 6) is 0.167. The Bertz CT molecular complexity index is 152. The molecule has 0 heterocycles. The summed E-state index contributed by atoms with van der Waals surface area (Å²) in [6.45, 7) is 6.92. The second-order valence-corrected chi connectivity index (χ2v) is 4.01. The molecule has 0 bridgehead atoms. The van der Waals surface area contributed by atoms with Crippen LogP contribution >= 0.6 is 22.6 Å². The molecule has 0 saturated heterocycles. The van der Waals surface area contributed by atoms with E-state index in [9.17, 15) is 9.59 Å². The highest BCUT2D eigenvalue weighted by molar-refractivity contribution is 14.1. The lowest BCUT2D eigenvalue weighted by Gasteiger charge is -2.04. The molecule has 0 aliphatic rings. The average molecular weight is 302 g/mol. The maximum absolute atomic E-state index is 10.4. The van der Waals surface area contributed by atoms with Gasteiger partial charge in [0, 0.05) is 0 Å². The first kappa shape index (κ1) is 15.2. The van der Waals surface area contributed by atoms with Crippen molar-refractivity contribution in [1.29, 1.82) is 0 Å². The fraction of sp³-hybridized carbons (Fsp3) is 0.750. The van der Waals surface area contributed by atoms with E-state index in [1.165, 1.54) is 13.8 Å². The van der Waals surface area contributed by atoms with Gasteiger partial charge in [-0.3, -0.25) is 0 Å². The second kappa shape index (κ2) is 9.76.